The van der Waals surface area contributed by atoms with Crippen molar-refractivity contribution < 1.29 is 9.53 Å². The molecule has 41 heavy (non-hydrogen) atoms. The van der Waals surface area contributed by atoms with Gasteiger partial charge in [0.2, 0.25) is 11.9 Å². The number of amides is 1. The number of anilines is 4. The monoisotopic (exact) mass is 574 g/mol. The van der Waals surface area contributed by atoms with Gasteiger partial charge in [0.25, 0.3) is 0 Å². The molecule has 5 rings (SSSR count). The van der Waals surface area contributed by atoms with Gasteiger partial charge in [-0.15, -0.1) is 0 Å². The van der Waals surface area contributed by atoms with E-state index in [4.69, 9.17) is 26.3 Å². The molecule has 10 nitrogen and oxygen atoms in total. The number of nitrogens with zero attached hydrogens (tertiary/aromatic N) is 6. The van der Waals surface area contributed by atoms with Gasteiger partial charge >= 0.3 is 0 Å². The Morgan fingerprint density at radius 1 is 1.17 bits per heavy atom. The Morgan fingerprint density at radius 3 is 2.63 bits per heavy atom. The molecule has 1 aliphatic rings. The van der Waals surface area contributed by atoms with E-state index in [1.54, 1.807) is 13.3 Å². The van der Waals surface area contributed by atoms with E-state index in [0.717, 1.165) is 54.0 Å². The lowest BCUT2D eigenvalue weighted by atomic mass is 10.2. The number of aromatic nitrogens is 4. The molecule has 214 valence electrons. The maximum Gasteiger partial charge on any atom is 0.247 e. The summed E-state index contributed by atoms with van der Waals surface area (Å²) in [7, 11) is 7.60. The number of carbonyl (C=O) groups excluding carboxylic acids is 1. The number of hydrogen-bond donors (Lipinski definition) is 2. The van der Waals surface area contributed by atoms with Crippen LogP contribution in [0.15, 0.2) is 49.2 Å². The van der Waals surface area contributed by atoms with E-state index >= 15 is 0 Å². The Balaban J connectivity index is 1.55. The van der Waals surface area contributed by atoms with Crippen LogP contribution in [0.3, 0.4) is 0 Å². The standard InChI is InChI=1S/C30H35ClN8O2/c1-7-27(40)33-22-15-23(26(41-6)16-25(22)38(5)13-12-37(3)4)35-30-32-17-20(31)29(36-30)39-24-11-8-18(2)14-21(24)34-28(39)19-9-10-19/h7-8,11,14-17,19H,1,9-10,12-13H2,2-6H3,(H,33,40)(H,32,35,36). The van der Waals surface area contributed by atoms with Crippen LogP contribution in [0.1, 0.15) is 30.1 Å². The average molecular weight is 575 g/mol. The van der Waals surface area contributed by atoms with Crippen LogP contribution in [0.5, 0.6) is 5.75 Å². The minimum Gasteiger partial charge on any atom is -0.494 e. The quantitative estimate of drug-likeness (QED) is 0.226. The number of ether oxygens (including phenoxy) is 1. The summed E-state index contributed by atoms with van der Waals surface area (Å²) in [4.78, 5) is 30.7. The van der Waals surface area contributed by atoms with Gasteiger partial charge in [-0.25, -0.2) is 9.97 Å². The van der Waals surface area contributed by atoms with Crippen molar-refractivity contribution in [3.05, 3.63) is 65.6 Å². The molecule has 2 heterocycles. The number of halogens is 1. The summed E-state index contributed by atoms with van der Waals surface area (Å²) >= 11 is 6.69. The molecule has 1 fully saturated rings. The lowest BCUT2D eigenvalue weighted by Gasteiger charge is -2.26. The van der Waals surface area contributed by atoms with Gasteiger partial charge in [-0.05, 0) is 63.7 Å². The maximum absolute atomic E-state index is 12.3. The van der Waals surface area contributed by atoms with E-state index in [2.05, 4.69) is 57.1 Å². The first-order valence-electron chi connectivity index (χ1n) is 13.5. The molecule has 0 saturated heterocycles. The summed E-state index contributed by atoms with van der Waals surface area (Å²) in [5, 5.41) is 6.62. The zero-order valence-electron chi connectivity index (χ0n) is 24.0. The van der Waals surface area contributed by atoms with Crippen LogP contribution in [-0.2, 0) is 4.79 Å². The molecule has 1 amide bonds. The molecule has 2 aromatic carbocycles. The van der Waals surface area contributed by atoms with E-state index in [9.17, 15) is 4.79 Å². The number of likely N-dealkylation sites (N-methyl/N-ethyl adjacent to an activating group) is 2. The van der Waals surface area contributed by atoms with E-state index in [0.29, 0.717) is 39.8 Å². The maximum atomic E-state index is 12.3. The Morgan fingerprint density at radius 2 is 1.95 bits per heavy atom. The molecule has 0 bridgehead atoms. The number of hydrogen-bond acceptors (Lipinski definition) is 8. The van der Waals surface area contributed by atoms with Crippen LogP contribution in [0.2, 0.25) is 5.02 Å². The van der Waals surface area contributed by atoms with Gasteiger partial charge in [0, 0.05) is 32.1 Å². The van der Waals surface area contributed by atoms with Crippen molar-refractivity contribution >= 4 is 51.6 Å². The van der Waals surface area contributed by atoms with Gasteiger partial charge in [0.15, 0.2) is 5.82 Å². The fraction of sp³-hybridized carbons (Fsp3) is 0.333. The molecule has 11 heteroatoms. The second-order valence-corrected chi connectivity index (χ2v) is 11.0. The normalized spacial score (nSPS) is 13.0. The summed E-state index contributed by atoms with van der Waals surface area (Å²) in [6, 6.07) is 9.88. The number of benzene rings is 2. The number of rotatable bonds is 11. The van der Waals surface area contributed by atoms with Gasteiger partial charge < -0.3 is 25.2 Å². The lowest BCUT2D eigenvalue weighted by molar-refractivity contribution is -0.111. The minimum atomic E-state index is -0.316. The minimum absolute atomic E-state index is 0.316. The molecule has 1 saturated carbocycles. The fourth-order valence-electron chi connectivity index (χ4n) is 4.65. The highest BCUT2D eigenvalue weighted by atomic mass is 35.5. The van der Waals surface area contributed by atoms with Gasteiger partial charge in [0.05, 0.1) is 41.4 Å². The van der Waals surface area contributed by atoms with Crippen LogP contribution in [0.4, 0.5) is 23.0 Å². The number of fused-ring (bicyclic) bond motifs is 1. The Bertz CT molecular complexity index is 1610. The van der Waals surface area contributed by atoms with E-state index < -0.39 is 0 Å². The zero-order chi connectivity index (χ0) is 29.3. The third kappa shape index (κ3) is 6.13. The third-order valence-corrected chi connectivity index (χ3v) is 7.28. The number of nitrogens with one attached hydrogen (secondary N) is 2. The first-order valence-corrected chi connectivity index (χ1v) is 13.9. The number of aryl methyl sites for hydroxylation is 1. The van der Waals surface area contributed by atoms with Crippen molar-refractivity contribution in [2.24, 2.45) is 0 Å². The smallest absolute Gasteiger partial charge is 0.247 e. The highest BCUT2D eigenvalue weighted by Gasteiger charge is 2.31. The Labute approximate surface area is 245 Å². The van der Waals surface area contributed by atoms with E-state index in [-0.39, 0.29) is 5.91 Å². The number of imidazole rings is 1. The highest BCUT2D eigenvalue weighted by molar-refractivity contribution is 6.32. The Hall–Kier alpha value is -4.15. The van der Waals surface area contributed by atoms with E-state index in [1.165, 1.54) is 6.08 Å². The first kappa shape index (κ1) is 28.4. The summed E-state index contributed by atoms with van der Waals surface area (Å²) in [5.41, 5.74) is 4.98. The van der Waals surface area contributed by atoms with Gasteiger partial charge in [-0.2, -0.15) is 4.98 Å². The van der Waals surface area contributed by atoms with E-state index in [1.807, 2.05) is 37.8 Å². The summed E-state index contributed by atoms with van der Waals surface area (Å²) in [6.07, 6.45) is 4.99. The first-order chi connectivity index (χ1) is 19.7. The molecule has 0 aliphatic heterocycles. The highest BCUT2D eigenvalue weighted by Crippen LogP contribution is 2.43. The Kier molecular flexibility index (Phi) is 8.14. The predicted molar refractivity (Wildman–Crippen MR) is 165 cm³/mol. The van der Waals surface area contributed by atoms with Crippen LogP contribution in [-0.4, -0.2) is 71.7 Å². The molecule has 0 unspecified atom stereocenters. The third-order valence-electron chi connectivity index (χ3n) is 7.02. The van der Waals surface area contributed by atoms with Crippen LogP contribution in [0, 0.1) is 6.92 Å². The molecule has 2 N–H and O–H groups in total. The zero-order valence-corrected chi connectivity index (χ0v) is 24.8. The molecular weight excluding hydrogens is 540 g/mol. The second kappa shape index (κ2) is 11.8. The lowest BCUT2D eigenvalue weighted by Crippen LogP contribution is -2.29. The molecule has 0 spiro atoms. The van der Waals surface area contributed by atoms with Crippen molar-refractivity contribution in [3.63, 3.8) is 0 Å². The summed E-state index contributed by atoms with van der Waals surface area (Å²) in [5.74, 6) is 2.45. The largest absolute Gasteiger partial charge is 0.494 e. The van der Waals surface area contributed by atoms with Crippen LogP contribution < -0.4 is 20.3 Å². The van der Waals surface area contributed by atoms with Crippen LogP contribution in [0.25, 0.3) is 16.9 Å². The topological polar surface area (TPSA) is 100 Å². The SMILES string of the molecule is C=CC(=O)Nc1cc(Nc2ncc(Cl)c(-n3c(C4CC4)nc4cc(C)ccc43)n2)c(OC)cc1N(C)CCN(C)C. The van der Waals surface area contributed by atoms with Crippen molar-refractivity contribution in [1.29, 1.82) is 0 Å². The van der Waals surface area contributed by atoms with Crippen molar-refractivity contribution in [1.82, 2.24) is 24.4 Å². The molecule has 0 atom stereocenters. The molecule has 4 aromatic rings. The number of carbonyl (C=O) groups is 1. The van der Waals surface area contributed by atoms with Crippen LogP contribution >= 0.6 is 11.6 Å². The van der Waals surface area contributed by atoms with Gasteiger partial charge in [-0.3, -0.25) is 9.36 Å². The van der Waals surface area contributed by atoms with Crippen molar-refractivity contribution in [2.45, 2.75) is 25.7 Å². The van der Waals surface area contributed by atoms with Gasteiger partial charge in [0.1, 0.15) is 16.6 Å². The summed E-state index contributed by atoms with van der Waals surface area (Å²) in [6.45, 7) is 7.22. The second-order valence-electron chi connectivity index (χ2n) is 10.5. The number of methoxy groups -OCH3 is 1. The molecule has 2 aromatic heterocycles. The van der Waals surface area contributed by atoms with Gasteiger partial charge in [-0.1, -0.05) is 24.2 Å². The van der Waals surface area contributed by atoms with Crippen molar-refractivity contribution in [2.75, 3.05) is 56.9 Å². The molecular formula is C30H35ClN8O2. The summed E-state index contributed by atoms with van der Waals surface area (Å²) < 4.78 is 7.78. The average Bonchev–Trinajstić information content (AvgIpc) is 3.73. The molecule has 0 radical (unpaired) electrons. The fourth-order valence-corrected chi connectivity index (χ4v) is 4.82. The van der Waals surface area contributed by atoms with Crippen molar-refractivity contribution in [3.8, 4) is 11.6 Å². The predicted octanol–water partition coefficient (Wildman–Crippen LogP) is 5.53. The molecule has 1 aliphatic carbocycles.